The second kappa shape index (κ2) is 4.95. The number of hydrogen-bond acceptors (Lipinski definition) is 6. The monoisotopic (exact) mass is 312 g/mol. The van der Waals surface area contributed by atoms with Gasteiger partial charge in [0.1, 0.15) is 13.2 Å². The van der Waals surface area contributed by atoms with Gasteiger partial charge in [0, 0.05) is 11.4 Å². The van der Waals surface area contributed by atoms with Crippen molar-refractivity contribution in [2.75, 3.05) is 17.9 Å². The number of nitrogens with zero attached hydrogens (tertiary/aromatic N) is 1. The highest BCUT2D eigenvalue weighted by Crippen LogP contribution is 2.33. The number of anilines is 1. The maximum Gasteiger partial charge on any atom is 0.262 e. The molecule has 0 saturated heterocycles. The van der Waals surface area contributed by atoms with Gasteiger partial charge in [0.25, 0.3) is 10.0 Å². The Hall–Kier alpha value is -1.80. The number of nitrogens with one attached hydrogen (secondary N) is 1. The fourth-order valence-corrected chi connectivity index (χ4v) is 3.63. The molecule has 20 heavy (non-hydrogen) atoms. The Balaban J connectivity index is 1.93. The van der Waals surface area contributed by atoms with Gasteiger partial charge in [0.2, 0.25) is 0 Å². The first-order valence-electron chi connectivity index (χ1n) is 5.90. The third-order valence-corrected chi connectivity index (χ3v) is 4.90. The molecular weight excluding hydrogens is 300 g/mol. The van der Waals surface area contributed by atoms with Crippen molar-refractivity contribution < 1.29 is 17.9 Å². The topological polar surface area (TPSA) is 77.5 Å². The molecule has 0 amide bonds. The molecule has 1 aliphatic rings. The number of ether oxygens (including phenoxy) is 2. The van der Waals surface area contributed by atoms with E-state index in [4.69, 9.17) is 9.47 Å². The summed E-state index contributed by atoms with van der Waals surface area (Å²) in [6, 6.07) is 4.55. The van der Waals surface area contributed by atoms with Gasteiger partial charge in [-0.15, -0.1) is 0 Å². The highest BCUT2D eigenvalue weighted by atomic mass is 32.2. The molecule has 0 radical (unpaired) electrons. The number of benzene rings is 1. The van der Waals surface area contributed by atoms with Crippen molar-refractivity contribution in [2.45, 2.75) is 11.8 Å². The van der Waals surface area contributed by atoms with Gasteiger partial charge in [-0.2, -0.15) is 4.37 Å². The maximum atomic E-state index is 12.3. The van der Waals surface area contributed by atoms with Crippen molar-refractivity contribution in [3.8, 4) is 11.5 Å². The SMILES string of the molecule is Cc1nscc1NS(=O)(=O)c1ccc2c(c1)OCCO2. The van der Waals surface area contributed by atoms with Crippen LogP contribution in [0.3, 0.4) is 0 Å². The lowest BCUT2D eigenvalue weighted by Gasteiger charge is -2.19. The van der Waals surface area contributed by atoms with Crippen molar-refractivity contribution in [1.82, 2.24) is 4.37 Å². The first-order chi connectivity index (χ1) is 9.56. The van der Waals surface area contributed by atoms with E-state index in [2.05, 4.69) is 9.10 Å². The molecule has 0 atom stereocenters. The Morgan fingerprint density at radius 1 is 1.25 bits per heavy atom. The molecule has 1 aliphatic heterocycles. The summed E-state index contributed by atoms with van der Waals surface area (Å²) in [6.07, 6.45) is 0. The van der Waals surface area contributed by atoms with Gasteiger partial charge in [0.05, 0.1) is 16.3 Å². The molecule has 1 aromatic carbocycles. The number of fused-ring (bicyclic) bond motifs is 1. The molecule has 8 heteroatoms. The Kier molecular flexibility index (Phi) is 3.27. The van der Waals surface area contributed by atoms with Crippen LogP contribution in [0.15, 0.2) is 28.5 Å². The lowest BCUT2D eigenvalue weighted by Crippen LogP contribution is -2.17. The number of sulfonamides is 1. The van der Waals surface area contributed by atoms with Crippen molar-refractivity contribution in [2.24, 2.45) is 0 Å². The smallest absolute Gasteiger partial charge is 0.262 e. The lowest BCUT2D eigenvalue weighted by atomic mass is 10.3. The third kappa shape index (κ3) is 2.44. The second-order valence-electron chi connectivity index (χ2n) is 4.22. The summed E-state index contributed by atoms with van der Waals surface area (Å²) in [6.45, 7) is 2.63. The summed E-state index contributed by atoms with van der Waals surface area (Å²) in [5, 5.41) is 1.66. The first-order valence-corrected chi connectivity index (χ1v) is 8.22. The van der Waals surface area contributed by atoms with E-state index in [0.717, 1.165) is 0 Å². The minimum Gasteiger partial charge on any atom is -0.486 e. The molecule has 0 bridgehead atoms. The predicted octanol–water partition coefficient (Wildman–Crippen LogP) is 2.02. The zero-order valence-corrected chi connectivity index (χ0v) is 12.3. The van der Waals surface area contributed by atoms with E-state index < -0.39 is 10.0 Å². The van der Waals surface area contributed by atoms with E-state index in [9.17, 15) is 8.42 Å². The highest BCUT2D eigenvalue weighted by molar-refractivity contribution is 7.92. The van der Waals surface area contributed by atoms with Crippen molar-refractivity contribution >= 4 is 27.2 Å². The number of aromatic nitrogens is 1. The molecule has 0 fully saturated rings. The number of rotatable bonds is 3. The zero-order valence-electron chi connectivity index (χ0n) is 10.6. The molecule has 3 rings (SSSR count). The van der Waals surface area contributed by atoms with E-state index in [-0.39, 0.29) is 4.90 Å². The van der Waals surface area contributed by atoms with Crippen molar-refractivity contribution in [3.05, 3.63) is 29.3 Å². The van der Waals surface area contributed by atoms with E-state index in [1.165, 1.54) is 23.7 Å². The summed E-state index contributed by atoms with van der Waals surface area (Å²) in [4.78, 5) is 0.132. The predicted molar refractivity (Wildman–Crippen MR) is 75.1 cm³/mol. The summed E-state index contributed by atoms with van der Waals surface area (Å²) < 4.78 is 41.9. The Labute approximate surface area is 120 Å². The minimum absolute atomic E-state index is 0.132. The molecule has 1 N–H and O–H groups in total. The molecule has 0 saturated carbocycles. The fraction of sp³-hybridized carbons (Fsp3) is 0.250. The van der Waals surface area contributed by atoms with Gasteiger partial charge in [-0.25, -0.2) is 8.42 Å². The molecular formula is C12H12N2O4S2. The van der Waals surface area contributed by atoms with Crippen LogP contribution in [0.4, 0.5) is 5.69 Å². The Bertz CT molecular complexity index is 740. The molecule has 0 aliphatic carbocycles. The largest absolute Gasteiger partial charge is 0.486 e. The Morgan fingerprint density at radius 2 is 2.00 bits per heavy atom. The standard InChI is InChI=1S/C12H12N2O4S2/c1-8-10(7-19-13-8)14-20(15,16)9-2-3-11-12(6-9)18-5-4-17-11/h2-3,6-7,14H,4-5H2,1H3. The quantitative estimate of drug-likeness (QED) is 0.938. The van der Waals surface area contributed by atoms with Crippen LogP contribution in [0.2, 0.25) is 0 Å². The molecule has 106 valence electrons. The second-order valence-corrected chi connectivity index (χ2v) is 6.54. The van der Waals surface area contributed by atoms with Crippen LogP contribution >= 0.6 is 11.5 Å². The van der Waals surface area contributed by atoms with E-state index in [1.807, 2.05) is 0 Å². The number of hydrogen-bond donors (Lipinski definition) is 1. The van der Waals surface area contributed by atoms with Gasteiger partial charge in [-0.1, -0.05) is 0 Å². The molecule has 0 unspecified atom stereocenters. The van der Waals surface area contributed by atoms with Crippen LogP contribution in [0, 0.1) is 6.92 Å². The van der Waals surface area contributed by atoms with Gasteiger partial charge in [0.15, 0.2) is 11.5 Å². The minimum atomic E-state index is -3.66. The van der Waals surface area contributed by atoms with Crippen molar-refractivity contribution in [3.63, 3.8) is 0 Å². The van der Waals surface area contributed by atoms with E-state index >= 15 is 0 Å². The molecule has 2 aromatic rings. The first kappa shape index (κ1) is 13.2. The lowest BCUT2D eigenvalue weighted by molar-refractivity contribution is 0.171. The molecule has 6 nitrogen and oxygen atoms in total. The third-order valence-electron chi connectivity index (χ3n) is 2.82. The molecule has 2 heterocycles. The zero-order chi connectivity index (χ0) is 14.2. The number of aryl methyl sites for hydroxylation is 1. The van der Waals surface area contributed by atoms with Crippen LogP contribution in [-0.4, -0.2) is 26.0 Å². The molecule has 0 spiro atoms. The average molecular weight is 312 g/mol. The summed E-state index contributed by atoms with van der Waals surface area (Å²) >= 11 is 1.20. The normalized spacial score (nSPS) is 14.1. The van der Waals surface area contributed by atoms with Gasteiger partial charge in [-0.05, 0) is 30.6 Å². The van der Waals surface area contributed by atoms with Crippen LogP contribution in [0.1, 0.15) is 5.69 Å². The van der Waals surface area contributed by atoms with Gasteiger partial charge >= 0.3 is 0 Å². The van der Waals surface area contributed by atoms with Crippen LogP contribution in [0.5, 0.6) is 11.5 Å². The van der Waals surface area contributed by atoms with Crippen LogP contribution in [0.25, 0.3) is 0 Å². The van der Waals surface area contributed by atoms with Gasteiger partial charge in [-0.3, -0.25) is 4.72 Å². The fourth-order valence-electron chi connectivity index (χ4n) is 1.78. The van der Waals surface area contributed by atoms with E-state index in [0.29, 0.717) is 36.1 Å². The van der Waals surface area contributed by atoms with Crippen LogP contribution < -0.4 is 14.2 Å². The average Bonchev–Trinajstić information content (AvgIpc) is 2.83. The molecule has 1 aromatic heterocycles. The highest BCUT2D eigenvalue weighted by Gasteiger charge is 2.20. The van der Waals surface area contributed by atoms with Gasteiger partial charge < -0.3 is 9.47 Å². The maximum absolute atomic E-state index is 12.3. The van der Waals surface area contributed by atoms with E-state index in [1.54, 1.807) is 18.4 Å². The summed E-state index contributed by atoms with van der Waals surface area (Å²) in [5.74, 6) is 1.00. The van der Waals surface area contributed by atoms with Crippen molar-refractivity contribution in [1.29, 1.82) is 0 Å². The summed E-state index contributed by atoms with van der Waals surface area (Å²) in [5.41, 5.74) is 1.14. The Morgan fingerprint density at radius 3 is 2.70 bits per heavy atom. The summed E-state index contributed by atoms with van der Waals surface area (Å²) in [7, 11) is -3.66. The van der Waals surface area contributed by atoms with Crippen LogP contribution in [-0.2, 0) is 10.0 Å².